The molecule has 12 aromatic carbocycles. The van der Waals surface area contributed by atoms with Gasteiger partial charge in [-0.15, -0.1) is 0 Å². The first-order chi connectivity index (χ1) is 47.9. The molecular weight excluding hydrogens is 1210 g/mol. The van der Waals surface area contributed by atoms with Crippen LogP contribution in [0.5, 0.6) is 0 Å². The third-order valence-electron chi connectivity index (χ3n) is 22.0. The second kappa shape index (κ2) is 22.7. The highest BCUT2D eigenvalue weighted by Crippen LogP contribution is 2.58. The standard InChI is InChI=1S/C94H86BN3O2/c1-90(2,3)62-36-42-66(43-37-62)97(67-44-38-63(39-45-67)91(4,5)6)69-48-49-70-73-52-77-81(56-79(73)94(13,14)78(70)51-69)98(68-46-40-64(41-47-68)92(7,8)9)95-80-53-74-76(88(60-30-22-17-23-31-60)100-87(74)59-28-20-16-21-29-59)54-82(80)96(83-55-75-71-32-24-25-33-84(71)99-89(75)85(77)86(83)95)57-61-34-35-65(93(10,11)12)50-72(61)58-26-18-15-19-27-58/h15-56H,57H2,1-14H3. The summed E-state index contributed by atoms with van der Waals surface area (Å²) in [5, 5.41) is 4.32. The molecule has 0 saturated carbocycles. The van der Waals surface area contributed by atoms with Crippen molar-refractivity contribution >= 4 is 90.3 Å². The Morgan fingerprint density at radius 1 is 0.380 bits per heavy atom. The fourth-order valence-electron chi connectivity index (χ4n) is 16.4. The van der Waals surface area contributed by atoms with E-state index in [4.69, 9.17) is 8.83 Å². The van der Waals surface area contributed by atoms with Crippen LogP contribution in [0.15, 0.2) is 264 Å². The van der Waals surface area contributed by atoms with Crippen molar-refractivity contribution in [3.63, 3.8) is 0 Å². The second-order valence-corrected chi connectivity index (χ2v) is 33.0. The summed E-state index contributed by atoms with van der Waals surface area (Å²) in [5.41, 5.74) is 29.8. The van der Waals surface area contributed by atoms with Gasteiger partial charge in [0, 0.05) is 95.6 Å². The highest BCUT2D eigenvalue weighted by atomic mass is 16.3. The number of fused-ring (bicyclic) bond motifs is 12. The summed E-state index contributed by atoms with van der Waals surface area (Å²) in [6.07, 6.45) is 0. The first kappa shape index (κ1) is 62.9. The number of para-hydroxylation sites is 1. The molecule has 0 saturated heterocycles. The van der Waals surface area contributed by atoms with Gasteiger partial charge in [0.05, 0.1) is 0 Å². The van der Waals surface area contributed by atoms with Gasteiger partial charge in [0.1, 0.15) is 22.7 Å². The molecule has 5 nitrogen and oxygen atoms in total. The first-order valence-corrected chi connectivity index (χ1v) is 35.8. The lowest BCUT2D eigenvalue weighted by Gasteiger charge is -2.46. The highest BCUT2D eigenvalue weighted by molar-refractivity contribution is 6.94. The van der Waals surface area contributed by atoms with Crippen LogP contribution < -0.4 is 25.5 Å². The van der Waals surface area contributed by atoms with Gasteiger partial charge in [-0.2, -0.15) is 0 Å². The predicted molar refractivity (Wildman–Crippen MR) is 425 cm³/mol. The number of nitrogens with zero attached hydrogens (tertiary/aromatic N) is 3. The molecular formula is C94H86BN3O2. The molecule has 0 amide bonds. The fraction of sp³-hybridized carbons (Fsp3) is 0.213. The van der Waals surface area contributed by atoms with E-state index in [1.54, 1.807) is 0 Å². The monoisotopic (exact) mass is 1300 g/mol. The molecule has 17 rings (SSSR count). The van der Waals surface area contributed by atoms with Gasteiger partial charge < -0.3 is 23.4 Å². The van der Waals surface area contributed by atoms with Crippen LogP contribution in [-0.4, -0.2) is 6.85 Å². The van der Waals surface area contributed by atoms with Gasteiger partial charge in [0.15, 0.2) is 0 Å². The van der Waals surface area contributed by atoms with Crippen molar-refractivity contribution in [1.82, 2.24) is 0 Å². The minimum atomic E-state index is -0.423. The summed E-state index contributed by atoms with van der Waals surface area (Å²) in [7, 11) is 0. The predicted octanol–water partition coefficient (Wildman–Crippen LogP) is 24.9. The van der Waals surface area contributed by atoms with Crippen LogP contribution in [0, 0.1) is 0 Å². The summed E-state index contributed by atoms with van der Waals surface area (Å²) < 4.78 is 14.9. The Morgan fingerprint density at radius 2 is 0.880 bits per heavy atom. The Kier molecular flexibility index (Phi) is 14.3. The zero-order valence-electron chi connectivity index (χ0n) is 60.2. The Morgan fingerprint density at radius 3 is 1.46 bits per heavy atom. The molecule has 492 valence electrons. The molecule has 6 heteroatoms. The minimum absolute atomic E-state index is 0.0147. The summed E-state index contributed by atoms with van der Waals surface area (Å²) in [6.45, 7) is 32.8. The molecule has 1 aliphatic carbocycles. The number of benzene rings is 12. The fourth-order valence-corrected chi connectivity index (χ4v) is 16.4. The molecule has 0 unspecified atom stereocenters. The zero-order chi connectivity index (χ0) is 69.1. The summed E-state index contributed by atoms with van der Waals surface area (Å²) in [5.74, 6) is 1.70. The largest absolute Gasteiger partial charge is 0.455 e. The van der Waals surface area contributed by atoms with Crippen molar-refractivity contribution in [3.8, 4) is 56.0 Å². The summed E-state index contributed by atoms with van der Waals surface area (Å²) in [4.78, 5) is 7.81. The average Bonchev–Trinajstić information content (AvgIpc) is 1.26. The molecule has 0 bridgehead atoms. The maximum Gasteiger partial charge on any atom is 0.333 e. The van der Waals surface area contributed by atoms with Crippen molar-refractivity contribution in [1.29, 1.82) is 0 Å². The van der Waals surface area contributed by atoms with Gasteiger partial charge in [-0.05, 0) is 173 Å². The van der Waals surface area contributed by atoms with Gasteiger partial charge >= 0.3 is 6.85 Å². The molecule has 100 heavy (non-hydrogen) atoms. The second-order valence-electron chi connectivity index (χ2n) is 33.0. The van der Waals surface area contributed by atoms with E-state index in [-0.39, 0.29) is 28.5 Å². The van der Waals surface area contributed by atoms with E-state index in [2.05, 4.69) is 366 Å². The van der Waals surface area contributed by atoms with Crippen molar-refractivity contribution in [2.24, 2.45) is 0 Å². The van der Waals surface area contributed by atoms with Crippen LogP contribution in [0.1, 0.15) is 136 Å². The van der Waals surface area contributed by atoms with E-state index in [0.717, 1.165) is 106 Å². The third-order valence-corrected chi connectivity index (χ3v) is 22.0. The molecule has 0 spiro atoms. The number of hydrogen-bond acceptors (Lipinski definition) is 5. The van der Waals surface area contributed by atoms with Crippen LogP contribution in [0.2, 0.25) is 0 Å². The van der Waals surface area contributed by atoms with E-state index in [9.17, 15) is 0 Å². The number of anilines is 7. The van der Waals surface area contributed by atoms with Crippen LogP contribution in [0.3, 0.4) is 0 Å². The average molecular weight is 1300 g/mol. The van der Waals surface area contributed by atoms with Crippen LogP contribution in [0.25, 0.3) is 88.7 Å². The van der Waals surface area contributed by atoms with Crippen molar-refractivity contribution in [2.75, 3.05) is 14.6 Å². The van der Waals surface area contributed by atoms with Gasteiger partial charge in [-0.25, -0.2) is 0 Å². The Bertz CT molecular complexity index is 5500. The summed E-state index contributed by atoms with van der Waals surface area (Å²) >= 11 is 0. The van der Waals surface area contributed by atoms with Crippen LogP contribution in [-0.2, 0) is 33.6 Å². The normalized spacial score (nSPS) is 14.0. The van der Waals surface area contributed by atoms with E-state index < -0.39 is 5.41 Å². The Labute approximate surface area is 590 Å². The van der Waals surface area contributed by atoms with E-state index in [1.165, 1.54) is 72.1 Å². The SMILES string of the molecule is CC(C)(C)c1ccc(N2B3c4cc5c(-c6ccccc6)oc(-c6ccccc6)c5cc4N(Cc4ccc(C(C)(C)C)cc4-c4ccccc4)c4cc5c(oc6ccccc65)c(c43)-c3cc4c(cc32)C(C)(C)c2cc(N(c3ccc(C(C)(C)C)cc3)c3ccc(C(C)(C)C)cc3)ccc2-4)cc1. The van der Waals surface area contributed by atoms with Crippen LogP contribution in [0.4, 0.5) is 39.8 Å². The van der Waals surface area contributed by atoms with E-state index in [1.807, 2.05) is 0 Å². The van der Waals surface area contributed by atoms with Gasteiger partial charge in [-0.3, -0.25) is 0 Å². The lowest BCUT2D eigenvalue weighted by atomic mass is 9.43. The smallest absolute Gasteiger partial charge is 0.333 e. The van der Waals surface area contributed by atoms with Crippen molar-refractivity contribution in [2.45, 2.75) is 131 Å². The lowest BCUT2D eigenvalue weighted by Crippen LogP contribution is -2.62. The molecule has 0 atom stereocenters. The molecule has 2 aromatic heterocycles. The van der Waals surface area contributed by atoms with E-state index >= 15 is 0 Å². The number of furan rings is 2. The number of rotatable bonds is 9. The zero-order valence-corrected chi connectivity index (χ0v) is 60.2. The molecule has 3 aliphatic rings. The molecule has 0 radical (unpaired) electrons. The lowest BCUT2D eigenvalue weighted by molar-refractivity contribution is 0.590. The molecule has 14 aromatic rings. The van der Waals surface area contributed by atoms with Crippen molar-refractivity contribution < 1.29 is 8.83 Å². The van der Waals surface area contributed by atoms with Crippen molar-refractivity contribution in [3.05, 3.63) is 294 Å². The highest BCUT2D eigenvalue weighted by Gasteiger charge is 2.49. The quantitative estimate of drug-likeness (QED) is 0.135. The Balaban J connectivity index is 0.960. The number of hydrogen-bond donors (Lipinski definition) is 0. The maximum atomic E-state index is 7.49. The molecule has 2 aliphatic heterocycles. The topological polar surface area (TPSA) is 36.0 Å². The Hall–Kier alpha value is -10.6. The van der Waals surface area contributed by atoms with Gasteiger partial charge in [0.25, 0.3) is 0 Å². The molecule has 0 fully saturated rings. The molecule has 4 heterocycles. The van der Waals surface area contributed by atoms with Crippen LogP contribution >= 0.6 is 0 Å². The van der Waals surface area contributed by atoms with Gasteiger partial charge in [0.2, 0.25) is 0 Å². The first-order valence-electron chi connectivity index (χ1n) is 35.8. The maximum absolute atomic E-state index is 7.49. The summed E-state index contributed by atoms with van der Waals surface area (Å²) in [6, 6.07) is 96.1. The minimum Gasteiger partial charge on any atom is -0.455 e. The van der Waals surface area contributed by atoms with Gasteiger partial charge in [-0.1, -0.05) is 273 Å². The third kappa shape index (κ3) is 10.3. The molecule has 0 N–H and O–H groups in total. The van der Waals surface area contributed by atoms with E-state index in [0.29, 0.717) is 6.54 Å².